The summed E-state index contributed by atoms with van der Waals surface area (Å²) in [5.74, 6) is 0.628. The maximum atomic E-state index is 12.7. The van der Waals surface area contributed by atoms with Gasteiger partial charge < -0.3 is 14.9 Å². The van der Waals surface area contributed by atoms with Crippen LogP contribution in [0.25, 0.3) is 0 Å². The van der Waals surface area contributed by atoms with Crippen LogP contribution in [0.3, 0.4) is 0 Å². The van der Waals surface area contributed by atoms with Crippen molar-refractivity contribution < 1.29 is 48.6 Å². The first-order valence-electron chi connectivity index (χ1n) is 23.2. The van der Waals surface area contributed by atoms with E-state index in [-0.39, 0.29) is 44.2 Å². The van der Waals surface area contributed by atoms with Crippen LogP contribution < -0.4 is 23.6 Å². The molecule has 0 spiro atoms. The topological polar surface area (TPSA) is 247 Å². The summed E-state index contributed by atoms with van der Waals surface area (Å²) in [6.45, 7) is 12.1. The molecule has 2 heterocycles. The van der Waals surface area contributed by atoms with Crippen LogP contribution in [0.4, 0.5) is 0 Å². The van der Waals surface area contributed by atoms with Crippen LogP contribution >= 0.6 is 0 Å². The van der Waals surface area contributed by atoms with Crippen LogP contribution in [0.5, 0.6) is 17.2 Å². The molecular weight excluding hydrogens is 993 g/mol. The third-order valence-electron chi connectivity index (χ3n) is 11.8. The van der Waals surface area contributed by atoms with E-state index in [9.17, 15) is 43.9 Å². The summed E-state index contributed by atoms with van der Waals surface area (Å²) in [6, 6.07) is 33.7. The Morgan fingerprint density at radius 1 is 0.408 bits per heavy atom. The lowest BCUT2D eigenvalue weighted by atomic mass is 10.2. The molecule has 5 aromatic rings. The van der Waals surface area contributed by atoms with Crippen molar-refractivity contribution >= 4 is 40.1 Å². The van der Waals surface area contributed by atoms with Gasteiger partial charge in [0.15, 0.2) is 0 Å². The molecule has 2 aliphatic rings. The molecule has 0 aliphatic carbocycles. The molecule has 23 heteroatoms. The zero-order valence-corrected chi connectivity index (χ0v) is 42.9. The number of sulfonamides is 4. The zero-order chi connectivity index (χ0) is 50.9. The predicted molar refractivity (Wildman–Crippen MR) is 271 cm³/mol. The first-order chi connectivity index (χ1) is 33.9. The van der Waals surface area contributed by atoms with E-state index in [4.69, 9.17) is 4.74 Å². The molecular formula is C48H64N8O11S4. The van der Waals surface area contributed by atoms with Gasteiger partial charge in [0.2, 0.25) is 40.1 Å². The molecule has 6 N–H and O–H groups in total. The lowest BCUT2D eigenvalue weighted by Gasteiger charge is -2.34. The fourth-order valence-electron chi connectivity index (χ4n) is 7.58. The Kier molecular flexibility index (Phi) is 20.3. The Morgan fingerprint density at radius 3 is 1.00 bits per heavy atom. The van der Waals surface area contributed by atoms with E-state index in [1.807, 2.05) is 37.3 Å². The first-order valence-corrected chi connectivity index (χ1v) is 29.1. The standard InChI is InChI=1S/C28H36N4O5S2.C20H28N4O6S2/c1-24-7-11-27(12-8-24)38(33,34)29-15-17-31-19-21-32(22-20-31)18-16-30-39(35,36)28-13-9-26(10-14-28)37-23-25-5-3-2-4-6-25;25-17-1-5-19(6-2-17)31(27,28)21-9-11-23-13-15-24(16-14-23)12-10-22-32(29,30)20-7-3-18(26)4-8-20/h2-14,29-30H,15-23H2,1H3;1-8,21-22,25-26H,9-16H2. The second-order valence-corrected chi connectivity index (χ2v) is 24.1. The van der Waals surface area contributed by atoms with E-state index in [0.29, 0.717) is 51.6 Å². The Balaban J connectivity index is 0.000000237. The maximum absolute atomic E-state index is 12.7. The molecule has 71 heavy (non-hydrogen) atoms. The van der Waals surface area contributed by atoms with Gasteiger partial charge >= 0.3 is 0 Å². The van der Waals surface area contributed by atoms with Crippen LogP contribution in [0.15, 0.2) is 147 Å². The summed E-state index contributed by atoms with van der Waals surface area (Å²) in [5, 5.41) is 18.6. The third-order valence-corrected chi connectivity index (χ3v) is 17.7. The van der Waals surface area contributed by atoms with Crippen molar-refractivity contribution in [2.75, 3.05) is 105 Å². The number of aromatic hydroxyl groups is 2. The summed E-state index contributed by atoms with van der Waals surface area (Å²) >= 11 is 0. The van der Waals surface area contributed by atoms with E-state index in [1.54, 1.807) is 48.5 Å². The van der Waals surface area contributed by atoms with Crippen molar-refractivity contribution in [3.05, 3.63) is 139 Å². The number of piperazine rings is 2. The molecule has 0 bridgehead atoms. The van der Waals surface area contributed by atoms with E-state index >= 15 is 0 Å². The molecule has 5 aromatic carbocycles. The summed E-state index contributed by atoms with van der Waals surface area (Å²) in [4.78, 5) is 9.40. The normalized spacial score (nSPS) is 15.7. The number of benzene rings is 5. The minimum Gasteiger partial charge on any atom is -0.508 e. The van der Waals surface area contributed by atoms with E-state index in [1.165, 1.54) is 48.5 Å². The molecule has 7 rings (SSSR count). The van der Waals surface area contributed by atoms with E-state index in [2.05, 4.69) is 38.5 Å². The van der Waals surface area contributed by atoms with Gasteiger partial charge in [-0.05, 0) is 97.4 Å². The molecule has 19 nitrogen and oxygen atoms in total. The van der Waals surface area contributed by atoms with Crippen molar-refractivity contribution in [3.8, 4) is 17.2 Å². The minimum atomic E-state index is -3.62. The van der Waals surface area contributed by atoms with Crippen LogP contribution in [0.1, 0.15) is 11.1 Å². The Morgan fingerprint density at radius 2 is 0.690 bits per heavy atom. The van der Waals surface area contributed by atoms with Crippen molar-refractivity contribution in [2.24, 2.45) is 0 Å². The maximum Gasteiger partial charge on any atom is 0.240 e. The molecule has 0 radical (unpaired) electrons. The second kappa shape index (κ2) is 26.1. The molecule has 0 unspecified atom stereocenters. The lowest BCUT2D eigenvalue weighted by Crippen LogP contribution is -2.49. The zero-order valence-electron chi connectivity index (χ0n) is 39.6. The average Bonchev–Trinajstić information content (AvgIpc) is 3.35. The minimum absolute atomic E-state index is 0.00923. The number of hydrogen-bond donors (Lipinski definition) is 6. The van der Waals surface area contributed by atoms with Gasteiger partial charge in [0.25, 0.3) is 0 Å². The van der Waals surface area contributed by atoms with Gasteiger partial charge in [-0.3, -0.25) is 19.6 Å². The van der Waals surface area contributed by atoms with Crippen LogP contribution in [-0.4, -0.2) is 168 Å². The summed E-state index contributed by atoms with van der Waals surface area (Å²) < 4.78 is 116. The number of rotatable bonds is 23. The molecule has 0 aromatic heterocycles. The highest BCUT2D eigenvalue weighted by atomic mass is 32.2. The smallest absolute Gasteiger partial charge is 0.240 e. The van der Waals surface area contributed by atoms with Gasteiger partial charge in [0.05, 0.1) is 19.6 Å². The van der Waals surface area contributed by atoms with Crippen LogP contribution in [0.2, 0.25) is 0 Å². The molecule has 0 saturated carbocycles. The lowest BCUT2D eigenvalue weighted by molar-refractivity contribution is 0.136. The molecule has 0 amide bonds. The molecule has 386 valence electrons. The second-order valence-electron chi connectivity index (χ2n) is 17.0. The summed E-state index contributed by atoms with van der Waals surface area (Å²) in [6.07, 6.45) is 0. The number of ether oxygens (including phenoxy) is 1. The monoisotopic (exact) mass is 1060 g/mol. The SMILES string of the molecule is Cc1ccc(S(=O)(=O)NCCN2CCN(CCNS(=O)(=O)c3ccc(OCc4ccccc4)cc3)CC2)cc1.O=S(=O)(NCCN1CCN(CCNS(=O)(=O)c2ccc(O)cc2)CC1)c1ccc(O)cc1. The van der Waals surface area contributed by atoms with Crippen molar-refractivity contribution in [1.82, 2.24) is 38.5 Å². The number of aryl methyl sites for hydroxylation is 1. The fourth-order valence-corrected chi connectivity index (χ4v) is 11.7. The third kappa shape index (κ3) is 17.9. The first kappa shape index (κ1) is 55.3. The van der Waals surface area contributed by atoms with E-state index in [0.717, 1.165) is 63.5 Å². The van der Waals surface area contributed by atoms with Crippen molar-refractivity contribution in [1.29, 1.82) is 0 Å². The van der Waals surface area contributed by atoms with Gasteiger partial charge in [-0.15, -0.1) is 0 Å². The number of hydrogen-bond acceptors (Lipinski definition) is 15. The fraction of sp³-hybridized carbons (Fsp3) is 0.375. The van der Waals surface area contributed by atoms with Crippen molar-refractivity contribution in [2.45, 2.75) is 33.1 Å². The molecule has 2 saturated heterocycles. The van der Waals surface area contributed by atoms with Gasteiger partial charge in [0, 0.05) is 105 Å². The number of phenols is 2. The van der Waals surface area contributed by atoms with Gasteiger partial charge in [-0.1, -0.05) is 48.0 Å². The summed E-state index contributed by atoms with van der Waals surface area (Å²) in [5.41, 5.74) is 2.05. The van der Waals surface area contributed by atoms with Gasteiger partial charge in [-0.25, -0.2) is 52.6 Å². The van der Waals surface area contributed by atoms with Crippen molar-refractivity contribution in [3.63, 3.8) is 0 Å². The van der Waals surface area contributed by atoms with Crippen LogP contribution in [-0.2, 0) is 46.7 Å². The number of nitrogens with one attached hydrogen (secondary N) is 4. The number of phenolic OH excluding ortho intramolecular Hbond substituents is 2. The Bertz CT molecular complexity index is 2780. The van der Waals surface area contributed by atoms with Crippen LogP contribution in [0, 0.1) is 6.92 Å². The quantitative estimate of drug-likeness (QED) is 0.0550. The Hall–Kier alpha value is -5.02. The predicted octanol–water partition coefficient (Wildman–Crippen LogP) is 2.42. The highest BCUT2D eigenvalue weighted by molar-refractivity contribution is 7.90. The molecule has 2 aliphatic heterocycles. The van der Waals surface area contributed by atoms with E-state index < -0.39 is 40.1 Å². The largest absolute Gasteiger partial charge is 0.508 e. The molecule has 2 fully saturated rings. The Labute approximate surface area is 418 Å². The number of nitrogens with zero attached hydrogens (tertiary/aromatic N) is 4. The van der Waals surface area contributed by atoms with Gasteiger partial charge in [0.1, 0.15) is 23.9 Å². The summed E-state index contributed by atoms with van der Waals surface area (Å²) in [7, 11) is -14.4. The highest BCUT2D eigenvalue weighted by Gasteiger charge is 2.22. The average molecular weight is 1060 g/mol. The molecule has 0 atom stereocenters. The van der Waals surface area contributed by atoms with Gasteiger partial charge in [-0.2, -0.15) is 0 Å². The highest BCUT2D eigenvalue weighted by Crippen LogP contribution is 2.19.